The molecule has 23 heavy (non-hydrogen) atoms. The number of imidazole rings is 1. The number of halogens is 1. The Labute approximate surface area is 142 Å². The van der Waals surface area contributed by atoms with Gasteiger partial charge in [-0.2, -0.15) is 0 Å². The summed E-state index contributed by atoms with van der Waals surface area (Å²) < 4.78 is 0. The summed E-state index contributed by atoms with van der Waals surface area (Å²) in [6, 6.07) is 10.8. The Kier molecular flexibility index (Phi) is 4.83. The molecule has 5 nitrogen and oxygen atoms in total. The van der Waals surface area contributed by atoms with E-state index in [1.165, 1.54) is 11.8 Å². The monoisotopic (exact) mass is 346 g/mol. The van der Waals surface area contributed by atoms with Gasteiger partial charge in [0.2, 0.25) is 5.91 Å². The summed E-state index contributed by atoms with van der Waals surface area (Å²) in [5.41, 5.74) is 2.25. The number of H-pyrrole nitrogens is 1. The number of aromatic nitrogens is 3. The van der Waals surface area contributed by atoms with Gasteiger partial charge in [-0.3, -0.25) is 4.79 Å². The quantitative estimate of drug-likeness (QED) is 0.682. The molecule has 3 rings (SSSR count). The summed E-state index contributed by atoms with van der Waals surface area (Å²) in [7, 11) is 0. The second-order valence-corrected chi connectivity index (χ2v) is 6.56. The maximum atomic E-state index is 12.4. The number of benzene rings is 1. The summed E-state index contributed by atoms with van der Waals surface area (Å²) in [6.45, 7) is 1.97. The van der Waals surface area contributed by atoms with Gasteiger partial charge in [0, 0.05) is 16.9 Å². The number of aromatic amines is 1. The molecule has 0 aliphatic rings. The van der Waals surface area contributed by atoms with E-state index in [0.717, 1.165) is 11.2 Å². The van der Waals surface area contributed by atoms with Crippen LogP contribution >= 0.6 is 23.4 Å². The van der Waals surface area contributed by atoms with Gasteiger partial charge in [0.05, 0.1) is 10.8 Å². The lowest BCUT2D eigenvalue weighted by Gasteiger charge is -2.13. The molecule has 3 aromatic rings. The first kappa shape index (κ1) is 15.8. The predicted molar refractivity (Wildman–Crippen MR) is 93.9 cm³/mol. The minimum absolute atomic E-state index is 0.0618. The van der Waals surface area contributed by atoms with Gasteiger partial charge in [0.15, 0.2) is 10.8 Å². The van der Waals surface area contributed by atoms with E-state index in [1.807, 2.05) is 19.1 Å². The van der Waals surface area contributed by atoms with Gasteiger partial charge in [0.25, 0.3) is 0 Å². The number of fused-ring (bicyclic) bond motifs is 1. The molecule has 1 aromatic carbocycles. The number of carbonyl (C=O) groups excluding carboxylic acids is 1. The van der Waals surface area contributed by atoms with Crippen molar-refractivity contribution < 1.29 is 4.79 Å². The van der Waals surface area contributed by atoms with E-state index in [1.54, 1.807) is 30.5 Å². The molecule has 7 heteroatoms. The van der Waals surface area contributed by atoms with Gasteiger partial charge < -0.3 is 10.3 Å². The molecule has 0 fully saturated rings. The van der Waals surface area contributed by atoms with E-state index < -0.39 is 0 Å². The molecule has 0 aliphatic carbocycles. The molecule has 2 N–H and O–H groups in total. The van der Waals surface area contributed by atoms with Crippen molar-refractivity contribution in [3.63, 3.8) is 0 Å². The Morgan fingerprint density at radius 2 is 2.13 bits per heavy atom. The number of hydrogen-bond donors (Lipinski definition) is 2. The maximum Gasteiger partial charge on any atom is 0.237 e. The number of rotatable bonds is 5. The molecule has 0 radical (unpaired) electrons. The molecule has 118 valence electrons. The molecule has 0 saturated carbocycles. The van der Waals surface area contributed by atoms with Gasteiger partial charge in [0.1, 0.15) is 0 Å². The number of nitrogens with zero attached hydrogens (tertiary/aromatic N) is 2. The third-order valence-electron chi connectivity index (χ3n) is 3.26. The van der Waals surface area contributed by atoms with Crippen LogP contribution in [0.2, 0.25) is 5.02 Å². The lowest BCUT2D eigenvalue weighted by atomic mass is 10.3. The van der Waals surface area contributed by atoms with Gasteiger partial charge in [-0.1, -0.05) is 30.3 Å². The first-order chi connectivity index (χ1) is 11.2. The fourth-order valence-corrected chi connectivity index (χ4v) is 3.13. The van der Waals surface area contributed by atoms with E-state index in [4.69, 9.17) is 11.6 Å². The summed E-state index contributed by atoms with van der Waals surface area (Å²) in [6.07, 6.45) is 2.39. The van der Waals surface area contributed by atoms with Crippen LogP contribution in [0.3, 0.4) is 0 Å². The summed E-state index contributed by atoms with van der Waals surface area (Å²) in [4.78, 5) is 24.2. The van der Waals surface area contributed by atoms with Crippen molar-refractivity contribution in [2.75, 3.05) is 5.32 Å². The zero-order valence-electron chi connectivity index (χ0n) is 12.4. The first-order valence-electron chi connectivity index (χ1n) is 7.19. The lowest BCUT2D eigenvalue weighted by molar-refractivity contribution is -0.115. The van der Waals surface area contributed by atoms with Crippen LogP contribution in [0.15, 0.2) is 47.8 Å². The van der Waals surface area contributed by atoms with Crippen molar-refractivity contribution in [3.05, 3.63) is 47.6 Å². The van der Waals surface area contributed by atoms with E-state index in [2.05, 4.69) is 20.3 Å². The highest BCUT2D eigenvalue weighted by atomic mass is 35.5. The highest BCUT2D eigenvalue weighted by molar-refractivity contribution is 8.00. The topological polar surface area (TPSA) is 70.7 Å². The highest BCUT2D eigenvalue weighted by Gasteiger charge is 2.20. The minimum atomic E-state index is -0.244. The van der Waals surface area contributed by atoms with Crippen molar-refractivity contribution in [2.24, 2.45) is 0 Å². The number of thioether (sulfide) groups is 1. The Bertz CT molecular complexity index is 785. The number of anilines is 1. The van der Waals surface area contributed by atoms with Crippen LogP contribution in [-0.2, 0) is 4.79 Å². The number of pyridine rings is 1. The normalized spacial score (nSPS) is 12.3. The highest BCUT2D eigenvalue weighted by Crippen LogP contribution is 2.26. The van der Waals surface area contributed by atoms with Crippen LogP contribution < -0.4 is 5.32 Å². The summed E-state index contributed by atoms with van der Waals surface area (Å²) in [5.74, 6) is -0.0618. The van der Waals surface area contributed by atoms with Crippen molar-refractivity contribution in [2.45, 2.75) is 23.8 Å². The largest absolute Gasteiger partial charge is 0.332 e. The molecule has 1 atom stereocenters. The lowest BCUT2D eigenvalue weighted by Crippen LogP contribution is -2.24. The van der Waals surface area contributed by atoms with Gasteiger partial charge in [-0.25, -0.2) is 9.97 Å². The molecule has 2 aromatic heterocycles. The van der Waals surface area contributed by atoms with Gasteiger partial charge >= 0.3 is 0 Å². The van der Waals surface area contributed by atoms with Crippen LogP contribution in [-0.4, -0.2) is 26.1 Å². The molecule has 0 unspecified atom stereocenters. The minimum Gasteiger partial charge on any atom is -0.332 e. The smallest absolute Gasteiger partial charge is 0.237 e. The molecule has 0 saturated heterocycles. The molecule has 0 aliphatic heterocycles. The van der Waals surface area contributed by atoms with Crippen LogP contribution in [0.4, 0.5) is 5.69 Å². The zero-order chi connectivity index (χ0) is 16.2. The molecule has 0 spiro atoms. The number of nitrogens with one attached hydrogen (secondary N) is 2. The van der Waals surface area contributed by atoms with Crippen molar-refractivity contribution >= 4 is 46.1 Å². The fourth-order valence-electron chi connectivity index (χ4n) is 2.09. The molecule has 0 bridgehead atoms. The van der Waals surface area contributed by atoms with Crippen molar-refractivity contribution in [3.8, 4) is 0 Å². The van der Waals surface area contributed by atoms with Crippen LogP contribution in [0.5, 0.6) is 0 Å². The molecule has 2 heterocycles. The SMILES string of the molecule is CC[C@@H](Sc1nc2ncccc2[nH]1)C(=O)Nc1ccc(Cl)cc1. The average molecular weight is 347 g/mol. The Morgan fingerprint density at radius 1 is 1.35 bits per heavy atom. The zero-order valence-corrected chi connectivity index (χ0v) is 14.0. The average Bonchev–Trinajstić information content (AvgIpc) is 2.97. The maximum absolute atomic E-state index is 12.4. The standard InChI is InChI=1S/C16H15ClN4OS/c1-2-13(15(22)19-11-7-5-10(17)6-8-11)23-16-20-12-4-3-9-18-14(12)21-16/h3-9,13H,2H2,1H3,(H,19,22)(H,18,20,21)/t13-/m1/s1. The van der Waals surface area contributed by atoms with Gasteiger partial charge in [-0.05, 0) is 42.8 Å². The molecular weight excluding hydrogens is 332 g/mol. The summed E-state index contributed by atoms with van der Waals surface area (Å²) in [5, 5.41) is 3.98. The Morgan fingerprint density at radius 3 is 2.83 bits per heavy atom. The van der Waals surface area contributed by atoms with E-state index >= 15 is 0 Å². The van der Waals surface area contributed by atoms with Crippen LogP contribution in [0.1, 0.15) is 13.3 Å². The van der Waals surface area contributed by atoms with Crippen molar-refractivity contribution in [1.82, 2.24) is 15.0 Å². The summed E-state index contributed by atoms with van der Waals surface area (Å²) >= 11 is 7.25. The molecule has 1 amide bonds. The number of carbonyl (C=O) groups is 1. The van der Waals surface area contributed by atoms with Crippen molar-refractivity contribution in [1.29, 1.82) is 0 Å². The second kappa shape index (κ2) is 7.02. The van der Waals surface area contributed by atoms with E-state index in [0.29, 0.717) is 22.2 Å². The predicted octanol–water partition coefficient (Wildman–Crippen LogP) is 4.12. The van der Waals surface area contributed by atoms with Crippen LogP contribution in [0.25, 0.3) is 11.2 Å². The van der Waals surface area contributed by atoms with Gasteiger partial charge in [-0.15, -0.1) is 0 Å². The number of amides is 1. The Hall–Kier alpha value is -2.05. The Balaban J connectivity index is 1.71. The fraction of sp³-hybridized carbons (Fsp3) is 0.188. The third-order valence-corrected chi connectivity index (χ3v) is 4.77. The molecular formula is C16H15ClN4OS. The third kappa shape index (κ3) is 3.83. The van der Waals surface area contributed by atoms with E-state index in [9.17, 15) is 4.79 Å². The number of hydrogen-bond acceptors (Lipinski definition) is 4. The first-order valence-corrected chi connectivity index (χ1v) is 8.45. The van der Waals surface area contributed by atoms with E-state index in [-0.39, 0.29) is 11.2 Å². The second-order valence-electron chi connectivity index (χ2n) is 4.93. The van der Waals surface area contributed by atoms with Crippen LogP contribution in [0, 0.1) is 0 Å².